The zero-order valence-electron chi connectivity index (χ0n) is 13.4. The average molecular weight is 306 g/mol. The zero-order chi connectivity index (χ0) is 15.1. The molecule has 116 valence electrons. The molecule has 1 aromatic heterocycles. The molecular formula is C17H26N2OS. The fraction of sp³-hybridized carbons (Fsp3) is 0.706. The summed E-state index contributed by atoms with van der Waals surface area (Å²) in [5.41, 5.74) is 0. The molecule has 0 spiro atoms. The van der Waals surface area contributed by atoms with Gasteiger partial charge in [0.25, 0.3) is 0 Å². The van der Waals surface area contributed by atoms with Gasteiger partial charge in [0.15, 0.2) is 0 Å². The van der Waals surface area contributed by atoms with E-state index in [0.717, 1.165) is 12.3 Å². The van der Waals surface area contributed by atoms with Crippen LogP contribution in [0.15, 0.2) is 12.1 Å². The molecule has 3 nitrogen and oxygen atoms in total. The van der Waals surface area contributed by atoms with Crippen LogP contribution in [0.4, 0.5) is 0 Å². The van der Waals surface area contributed by atoms with Crippen molar-refractivity contribution < 1.29 is 4.79 Å². The first kappa shape index (κ1) is 15.0. The van der Waals surface area contributed by atoms with Crippen molar-refractivity contribution >= 4 is 17.2 Å². The van der Waals surface area contributed by atoms with Crippen molar-refractivity contribution in [2.45, 2.75) is 65.2 Å². The van der Waals surface area contributed by atoms with Gasteiger partial charge in [-0.15, -0.1) is 11.3 Å². The number of amides is 1. The molecule has 2 aliphatic rings. The number of carbonyl (C=O) groups excluding carboxylic acids is 1. The van der Waals surface area contributed by atoms with Gasteiger partial charge in [0, 0.05) is 15.8 Å². The number of rotatable bonds is 5. The third-order valence-electron chi connectivity index (χ3n) is 4.68. The molecule has 1 aliphatic carbocycles. The molecule has 3 rings (SSSR count). The third kappa shape index (κ3) is 3.02. The molecule has 1 N–H and O–H groups in total. The Balaban J connectivity index is 1.85. The number of hydrogen-bond donors (Lipinski definition) is 1. The summed E-state index contributed by atoms with van der Waals surface area (Å²) in [7, 11) is 0. The van der Waals surface area contributed by atoms with E-state index >= 15 is 0 Å². The maximum Gasteiger partial charge on any atom is 0.241 e. The molecule has 1 aliphatic heterocycles. The minimum absolute atomic E-state index is 0.0425. The Morgan fingerprint density at radius 1 is 1.33 bits per heavy atom. The van der Waals surface area contributed by atoms with Gasteiger partial charge in [0.05, 0.1) is 6.04 Å². The monoisotopic (exact) mass is 306 g/mol. The second kappa shape index (κ2) is 5.73. The van der Waals surface area contributed by atoms with Crippen LogP contribution in [0.3, 0.4) is 0 Å². The van der Waals surface area contributed by atoms with Crippen LogP contribution in [0.25, 0.3) is 0 Å². The highest BCUT2D eigenvalue weighted by Gasteiger charge is 2.44. The minimum atomic E-state index is -0.0425. The molecule has 21 heavy (non-hydrogen) atoms. The zero-order valence-corrected chi connectivity index (χ0v) is 14.2. The standard InChI is InChI=1S/C17H26N2OS/c1-10(2)15-17(20)19(11(3)9-13-6-7-13)16(18-15)14-8-5-12(4)21-14/h5,8,10-11,13,15-16,18H,6-7,9H2,1-4H3. The minimum Gasteiger partial charge on any atom is -0.318 e. The lowest BCUT2D eigenvalue weighted by Gasteiger charge is -2.30. The summed E-state index contributed by atoms with van der Waals surface area (Å²) in [6.45, 7) is 8.60. The van der Waals surface area contributed by atoms with Crippen LogP contribution in [-0.4, -0.2) is 22.9 Å². The summed E-state index contributed by atoms with van der Waals surface area (Å²) in [5, 5.41) is 3.58. The van der Waals surface area contributed by atoms with E-state index in [9.17, 15) is 4.79 Å². The van der Waals surface area contributed by atoms with E-state index in [1.165, 1.54) is 22.6 Å². The Hall–Kier alpha value is -0.870. The molecule has 2 fully saturated rings. The number of carbonyl (C=O) groups is 1. The van der Waals surface area contributed by atoms with Gasteiger partial charge >= 0.3 is 0 Å². The second-order valence-corrected chi connectivity index (χ2v) is 8.33. The quantitative estimate of drug-likeness (QED) is 0.899. The van der Waals surface area contributed by atoms with E-state index in [-0.39, 0.29) is 18.1 Å². The fourth-order valence-electron chi connectivity index (χ4n) is 3.33. The molecule has 1 saturated carbocycles. The number of nitrogens with zero attached hydrogens (tertiary/aromatic N) is 1. The lowest BCUT2D eigenvalue weighted by atomic mass is 10.0. The predicted molar refractivity (Wildman–Crippen MR) is 87.2 cm³/mol. The normalized spacial score (nSPS) is 27.7. The van der Waals surface area contributed by atoms with Gasteiger partial charge in [-0.25, -0.2) is 0 Å². The lowest BCUT2D eigenvalue weighted by Crippen LogP contribution is -2.39. The van der Waals surface area contributed by atoms with Crippen molar-refractivity contribution in [3.05, 3.63) is 21.9 Å². The van der Waals surface area contributed by atoms with E-state index in [1.807, 2.05) is 0 Å². The van der Waals surface area contributed by atoms with Crippen LogP contribution in [0.2, 0.25) is 0 Å². The van der Waals surface area contributed by atoms with Gasteiger partial charge in [0.1, 0.15) is 6.17 Å². The van der Waals surface area contributed by atoms with Crippen LogP contribution < -0.4 is 5.32 Å². The van der Waals surface area contributed by atoms with Crippen molar-refractivity contribution in [2.24, 2.45) is 11.8 Å². The Labute approximate surface area is 131 Å². The van der Waals surface area contributed by atoms with Crippen LogP contribution >= 0.6 is 11.3 Å². The largest absolute Gasteiger partial charge is 0.318 e. The maximum absolute atomic E-state index is 12.8. The Kier molecular flexibility index (Phi) is 4.10. The number of aryl methyl sites for hydroxylation is 1. The van der Waals surface area contributed by atoms with Crippen LogP contribution in [0.1, 0.15) is 56.0 Å². The smallest absolute Gasteiger partial charge is 0.241 e. The fourth-order valence-corrected chi connectivity index (χ4v) is 4.27. The number of thiophene rings is 1. The van der Waals surface area contributed by atoms with Crippen molar-refractivity contribution in [1.29, 1.82) is 0 Å². The van der Waals surface area contributed by atoms with Crippen molar-refractivity contribution in [3.8, 4) is 0 Å². The van der Waals surface area contributed by atoms with Gasteiger partial charge in [0.2, 0.25) is 5.91 Å². The van der Waals surface area contributed by atoms with Gasteiger partial charge in [-0.1, -0.05) is 26.7 Å². The average Bonchev–Trinajstić information content (AvgIpc) is 2.99. The van der Waals surface area contributed by atoms with Crippen LogP contribution in [-0.2, 0) is 4.79 Å². The first-order valence-corrected chi connectivity index (χ1v) is 8.93. The molecule has 0 bridgehead atoms. The molecule has 3 atom stereocenters. The molecule has 3 unspecified atom stereocenters. The third-order valence-corrected chi connectivity index (χ3v) is 5.73. The maximum atomic E-state index is 12.8. The summed E-state index contributed by atoms with van der Waals surface area (Å²) in [4.78, 5) is 17.5. The van der Waals surface area contributed by atoms with E-state index < -0.39 is 0 Å². The molecule has 0 radical (unpaired) electrons. The van der Waals surface area contributed by atoms with E-state index in [1.54, 1.807) is 11.3 Å². The van der Waals surface area contributed by atoms with Crippen LogP contribution in [0, 0.1) is 18.8 Å². The Morgan fingerprint density at radius 3 is 2.57 bits per heavy atom. The first-order chi connectivity index (χ1) is 9.97. The topological polar surface area (TPSA) is 32.3 Å². The molecule has 0 aromatic carbocycles. The highest BCUT2D eigenvalue weighted by Crippen LogP contribution is 2.39. The molecule has 2 heterocycles. The van der Waals surface area contributed by atoms with Gasteiger partial charge < -0.3 is 4.90 Å². The molecule has 1 aromatic rings. The SMILES string of the molecule is Cc1ccc(C2NC(C(C)C)C(=O)N2C(C)CC2CC2)s1. The summed E-state index contributed by atoms with van der Waals surface area (Å²) in [5.74, 6) is 1.46. The highest BCUT2D eigenvalue weighted by atomic mass is 32.1. The van der Waals surface area contributed by atoms with Gasteiger partial charge in [-0.2, -0.15) is 0 Å². The highest BCUT2D eigenvalue weighted by molar-refractivity contribution is 7.12. The summed E-state index contributed by atoms with van der Waals surface area (Å²) in [6.07, 6.45) is 3.91. The second-order valence-electron chi connectivity index (χ2n) is 7.01. The van der Waals surface area contributed by atoms with Gasteiger partial charge in [-0.3, -0.25) is 10.1 Å². The summed E-state index contributed by atoms with van der Waals surface area (Å²) in [6, 6.07) is 4.61. The van der Waals surface area contributed by atoms with Crippen molar-refractivity contribution in [1.82, 2.24) is 10.2 Å². The van der Waals surface area contributed by atoms with Gasteiger partial charge in [-0.05, 0) is 44.2 Å². The van der Waals surface area contributed by atoms with E-state index in [4.69, 9.17) is 0 Å². The molecule has 4 heteroatoms. The van der Waals surface area contributed by atoms with E-state index in [0.29, 0.717) is 12.0 Å². The Bertz CT molecular complexity index is 521. The molecule has 1 saturated heterocycles. The van der Waals surface area contributed by atoms with Crippen LogP contribution in [0.5, 0.6) is 0 Å². The number of hydrogen-bond acceptors (Lipinski definition) is 3. The van der Waals surface area contributed by atoms with E-state index in [2.05, 4.69) is 50.0 Å². The summed E-state index contributed by atoms with van der Waals surface area (Å²) < 4.78 is 0. The first-order valence-electron chi connectivity index (χ1n) is 8.12. The lowest BCUT2D eigenvalue weighted by molar-refractivity contribution is -0.132. The molecule has 1 amide bonds. The predicted octanol–water partition coefficient (Wildman–Crippen LogP) is 3.70. The van der Waals surface area contributed by atoms with Crippen molar-refractivity contribution in [3.63, 3.8) is 0 Å². The van der Waals surface area contributed by atoms with Crippen molar-refractivity contribution in [2.75, 3.05) is 0 Å². The Morgan fingerprint density at radius 2 is 2.05 bits per heavy atom. The summed E-state index contributed by atoms with van der Waals surface area (Å²) >= 11 is 1.80. The number of nitrogens with one attached hydrogen (secondary N) is 1. The molecular weight excluding hydrogens is 280 g/mol.